The maximum Gasteiger partial charge on any atom is 0.261 e. The molecule has 1 N–H and O–H groups in total. The lowest BCUT2D eigenvalue weighted by Crippen LogP contribution is -2.52. The highest BCUT2D eigenvalue weighted by Crippen LogP contribution is 2.24. The lowest BCUT2D eigenvalue weighted by atomic mass is 9.98. The number of amides is 1. The molecule has 166 valence electrons. The molecular formula is C24H26N4O4. The van der Waals surface area contributed by atoms with Crippen molar-refractivity contribution in [1.82, 2.24) is 14.5 Å². The van der Waals surface area contributed by atoms with E-state index in [1.54, 1.807) is 6.07 Å². The number of benzene rings is 2. The molecule has 1 amide bonds. The molecule has 3 aromatic rings. The van der Waals surface area contributed by atoms with E-state index < -0.39 is 6.10 Å². The number of aromatic nitrogens is 2. The first-order valence-corrected chi connectivity index (χ1v) is 11.0. The first kappa shape index (κ1) is 20.7. The second kappa shape index (κ2) is 8.72. The van der Waals surface area contributed by atoms with Crippen molar-refractivity contribution in [3.8, 4) is 0 Å². The van der Waals surface area contributed by atoms with E-state index in [2.05, 4.69) is 22.0 Å². The second-order valence-electron chi connectivity index (χ2n) is 8.25. The monoisotopic (exact) mass is 434 g/mol. The van der Waals surface area contributed by atoms with Gasteiger partial charge in [-0.15, -0.1) is 0 Å². The van der Waals surface area contributed by atoms with Gasteiger partial charge in [0.25, 0.3) is 11.5 Å². The fourth-order valence-electron chi connectivity index (χ4n) is 4.50. The lowest BCUT2D eigenvalue weighted by molar-refractivity contribution is -0.145. The molecule has 1 unspecified atom stereocenters. The molecule has 0 spiro atoms. The molecule has 0 bridgehead atoms. The normalized spacial score (nSPS) is 18.6. The lowest BCUT2D eigenvalue weighted by Gasteiger charge is -2.38. The standard InChI is InChI=1S/C24H26N4O4/c29-12-11-28-16-25-21-14-19(5-6-20(21)23(28)30)26-7-9-27(10-8-26)24(31)22-13-17-3-1-2-4-18(17)15-32-22/h1-6,14,16,22,29H,7-13,15H2. The predicted octanol–water partition coefficient (Wildman–Crippen LogP) is 1.18. The third-order valence-electron chi connectivity index (χ3n) is 6.35. The Balaban J connectivity index is 1.24. The van der Waals surface area contributed by atoms with E-state index in [9.17, 15) is 9.59 Å². The first-order chi connectivity index (χ1) is 15.6. The van der Waals surface area contributed by atoms with E-state index in [1.807, 2.05) is 29.2 Å². The average molecular weight is 434 g/mol. The van der Waals surface area contributed by atoms with Crippen LogP contribution in [0.5, 0.6) is 0 Å². The first-order valence-electron chi connectivity index (χ1n) is 11.0. The van der Waals surface area contributed by atoms with E-state index >= 15 is 0 Å². The van der Waals surface area contributed by atoms with Gasteiger partial charge in [-0.3, -0.25) is 14.2 Å². The summed E-state index contributed by atoms with van der Waals surface area (Å²) in [5.41, 5.74) is 3.82. The number of anilines is 1. The van der Waals surface area contributed by atoms with Crippen LogP contribution in [0.3, 0.4) is 0 Å². The minimum Gasteiger partial charge on any atom is -0.395 e. The Morgan fingerprint density at radius 3 is 2.66 bits per heavy atom. The molecule has 5 rings (SSSR count). The van der Waals surface area contributed by atoms with Gasteiger partial charge in [-0.2, -0.15) is 0 Å². The number of ether oxygens (including phenoxy) is 1. The van der Waals surface area contributed by atoms with Gasteiger partial charge in [-0.25, -0.2) is 4.98 Å². The topological polar surface area (TPSA) is 87.9 Å². The summed E-state index contributed by atoms with van der Waals surface area (Å²) in [6.45, 7) is 3.29. The third kappa shape index (κ3) is 3.87. The molecule has 0 radical (unpaired) electrons. The van der Waals surface area contributed by atoms with Crippen LogP contribution in [0.15, 0.2) is 53.6 Å². The van der Waals surface area contributed by atoms with Crippen LogP contribution in [0.4, 0.5) is 5.69 Å². The zero-order valence-corrected chi connectivity index (χ0v) is 17.8. The molecule has 3 heterocycles. The second-order valence-corrected chi connectivity index (χ2v) is 8.25. The highest BCUT2D eigenvalue weighted by atomic mass is 16.5. The van der Waals surface area contributed by atoms with Crippen LogP contribution in [0.2, 0.25) is 0 Å². The van der Waals surface area contributed by atoms with Crippen molar-refractivity contribution >= 4 is 22.5 Å². The summed E-state index contributed by atoms with van der Waals surface area (Å²) in [6.07, 6.45) is 1.69. The quantitative estimate of drug-likeness (QED) is 0.664. The Hall–Kier alpha value is -3.23. The average Bonchev–Trinajstić information content (AvgIpc) is 2.85. The molecule has 2 aliphatic heterocycles. The number of rotatable bonds is 4. The van der Waals surface area contributed by atoms with E-state index in [0.29, 0.717) is 50.1 Å². The summed E-state index contributed by atoms with van der Waals surface area (Å²) in [7, 11) is 0. The number of hydrogen-bond acceptors (Lipinski definition) is 6. The van der Waals surface area contributed by atoms with Crippen LogP contribution in [0, 0.1) is 0 Å². The molecule has 8 nitrogen and oxygen atoms in total. The summed E-state index contributed by atoms with van der Waals surface area (Å²) < 4.78 is 7.27. The van der Waals surface area contributed by atoms with E-state index in [4.69, 9.17) is 9.84 Å². The summed E-state index contributed by atoms with van der Waals surface area (Å²) >= 11 is 0. The Kier molecular flexibility index (Phi) is 5.63. The molecule has 1 saturated heterocycles. The number of hydrogen-bond donors (Lipinski definition) is 1. The van der Waals surface area contributed by atoms with Crippen LogP contribution < -0.4 is 10.5 Å². The third-order valence-corrected chi connectivity index (χ3v) is 6.35. The van der Waals surface area contributed by atoms with Crippen molar-refractivity contribution in [2.45, 2.75) is 25.7 Å². The number of fused-ring (bicyclic) bond motifs is 2. The molecule has 2 aliphatic rings. The smallest absolute Gasteiger partial charge is 0.261 e. The zero-order valence-electron chi connectivity index (χ0n) is 17.8. The molecule has 0 aliphatic carbocycles. The molecule has 0 saturated carbocycles. The summed E-state index contributed by atoms with van der Waals surface area (Å²) in [5, 5.41) is 9.62. The number of aliphatic hydroxyl groups is 1. The summed E-state index contributed by atoms with van der Waals surface area (Å²) in [6, 6.07) is 13.8. The largest absolute Gasteiger partial charge is 0.395 e. The van der Waals surface area contributed by atoms with Gasteiger partial charge in [-0.1, -0.05) is 24.3 Å². The number of nitrogens with zero attached hydrogens (tertiary/aromatic N) is 4. The maximum atomic E-state index is 13.0. The SMILES string of the molecule is O=C(C1Cc2ccccc2CO1)N1CCN(c2ccc3c(=O)n(CCO)cnc3c2)CC1. The van der Waals surface area contributed by atoms with E-state index in [-0.39, 0.29) is 24.6 Å². The van der Waals surface area contributed by atoms with Gasteiger partial charge < -0.3 is 19.6 Å². The van der Waals surface area contributed by atoms with Gasteiger partial charge >= 0.3 is 0 Å². The zero-order chi connectivity index (χ0) is 22.1. The molecule has 8 heteroatoms. The van der Waals surface area contributed by atoms with Crippen LogP contribution in [0.1, 0.15) is 11.1 Å². The fourth-order valence-corrected chi connectivity index (χ4v) is 4.50. The number of piperazine rings is 1. The maximum absolute atomic E-state index is 13.0. The van der Waals surface area contributed by atoms with Crippen LogP contribution >= 0.6 is 0 Å². The van der Waals surface area contributed by atoms with Gasteiger partial charge in [0.1, 0.15) is 6.10 Å². The van der Waals surface area contributed by atoms with Crippen molar-refractivity contribution in [3.05, 3.63) is 70.3 Å². The van der Waals surface area contributed by atoms with E-state index in [1.165, 1.54) is 16.5 Å². The molecule has 1 atom stereocenters. The number of carbonyl (C=O) groups excluding carboxylic acids is 1. The highest BCUT2D eigenvalue weighted by Gasteiger charge is 2.31. The van der Waals surface area contributed by atoms with Gasteiger partial charge in [0.05, 0.1) is 37.0 Å². The Morgan fingerprint density at radius 2 is 1.88 bits per heavy atom. The highest BCUT2D eigenvalue weighted by molar-refractivity contribution is 5.83. The molecular weight excluding hydrogens is 408 g/mol. The van der Waals surface area contributed by atoms with Gasteiger partial charge in [0.2, 0.25) is 0 Å². The van der Waals surface area contributed by atoms with Crippen molar-refractivity contribution in [1.29, 1.82) is 0 Å². The summed E-state index contributed by atoms with van der Waals surface area (Å²) in [5.74, 6) is 0.0590. The van der Waals surface area contributed by atoms with Gasteiger partial charge in [0, 0.05) is 38.3 Å². The minimum absolute atomic E-state index is 0.0590. The van der Waals surface area contributed by atoms with Crippen LogP contribution in [-0.2, 0) is 29.1 Å². The van der Waals surface area contributed by atoms with Crippen molar-refractivity contribution < 1.29 is 14.6 Å². The number of carbonyl (C=O) groups is 1. The molecule has 32 heavy (non-hydrogen) atoms. The van der Waals surface area contributed by atoms with E-state index in [0.717, 1.165) is 11.3 Å². The van der Waals surface area contributed by atoms with Crippen LogP contribution in [0.25, 0.3) is 10.9 Å². The summed E-state index contributed by atoms with van der Waals surface area (Å²) in [4.78, 5) is 34.0. The van der Waals surface area contributed by atoms with Crippen molar-refractivity contribution in [3.63, 3.8) is 0 Å². The predicted molar refractivity (Wildman–Crippen MR) is 121 cm³/mol. The Bertz CT molecular complexity index is 1200. The van der Waals surface area contributed by atoms with Crippen LogP contribution in [-0.4, -0.2) is 64.4 Å². The Morgan fingerprint density at radius 1 is 1.09 bits per heavy atom. The minimum atomic E-state index is -0.414. The van der Waals surface area contributed by atoms with Gasteiger partial charge in [0.15, 0.2) is 0 Å². The molecule has 1 fully saturated rings. The Labute approximate surface area is 185 Å². The molecule has 2 aromatic carbocycles. The van der Waals surface area contributed by atoms with Gasteiger partial charge in [-0.05, 0) is 29.3 Å². The molecule has 1 aromatic heterocycles. The number of aliphatic hydroxyl groups excluding tert-OH is 1. The fraction of sp³-hybridized carbons (Fsp3) is 0.375. The van der Waals surface area contributed by atoms with Crippen molar-refractivity contribution in [2.24, 2.45) is 0 Å². The van der Waals surface area contributed by atoms with Crippen molar-refractivity contribution in [2.75, 3.05) is 37.7 Å².